The van der Waals surface area contributed by atoms with Crippen molar-refractivity contribution in [3.63, 3.8) is 0 Å². The number of aromatic nitrogens is 2. The normalized spacial score (nSPS) is 10.2. The van der Waals surface area contributed by atoms with Gasteiger partial charge < -0.3 is 5.32 Å². The molecule has 0 saturated heterocycles. The second-order valence-electron chi connectivity index (χ2n) is 4.01. The van der Waals surface area contributed by atoms with Gasteiger partial charge in [-0.05, 0) is 5.56 Å². The number of hydrogen-bond donors (Lipinski definition) is 1. The first-order valence-electron chi connectivity index (χ1n) is 5.56. The molecule has 1 aromatic heterocycles. The molecule has 0 radical (unpaired) electrons. The first-order valence-corrected chi connectivity index (χ1v) is 5.56. The summed E-state index contributed by atoms with van der Waals surface area (Å²) in [6.45, 7) is 0.311. The summed E-state index contributed by atoms with van der Waals surface area (Å²) in [6.07, 6.45) is 3.09. The third kappa shape index (κ3) is 3.15. The zero-order chi connectivity index (χ0) is 13.8. The Bertz CT molecular complexity index is 604. The minimum absolute atomic E-state index is 0.0299. The Morgan fingerprint density at radius 1 is 1.42 bits per heavy atom. The number of amides is 1. The first kappa shape index (κ1) is 12.7. The van der Waals surface area contributed by atoms with Crippen LogP contribution >= 0.6 is 0 Å². The standard InChI is InChI=1S/C12H12N4O3/c1-15-8-10(7-14-15)12(17)13-6-9-2-4-11(5-3-9)16(18)19/h2-5,7-8H,6H2,1H3,(H,13,17). The maximum atomic E-state index is 11.7. The average Bonchev–Trinajstić information content (AvgIpc) is 2.83. The molecule has 1 N–H and O–H groups in total. The van der Waals surface area contributed by atoms with E-state index in [4.69, 9.17) is 0 Å². The van der Waals surface area contributed by atoms with Crippen LogP contribution in [-0.2, 0) is 13.6 Å². The van der Waals surface area contributed by atoms with Crippen molar-refractivity contribution in [2.75, 3.05) is 0 Å². The highest BCUT2D eigenvalue weighted by Gasteiger charge is 2.08. The Hall–Kier alpha value is -2.70. The summed E-state index contributed by atoms with van der Waals surface area (Å²) in [5, 5.41) is 17.1. The Morgan fingerprint density at radius 3 is 2.63 bits per heavy atom. The summed E-state index contributed by atoms with van der Waals surface area (Å²) in [7, 11) is 1.73. The number of non-ortho nitro benzene ring substituents is 1. The van der Waals surface area contributed by atoms with Gasteiger partial charge in [0.05, 0.1) is 16.7 Å². The molecule has 0 aliphatic rings. The van der Waals surface area contributed by atoms with Gasteiger partial charge in [0.2, 0.25) is 0 Å². The predicted octanol–water partition coefficient (Wildman–Crippen LogP) is 1.26. The number of benzene rings is 1. The summed E-state index contributed by atoms with van der Waals surface area (Å²) in [5.74, 6) is -0.230. The molecule has 0 spiro atoms. The van der Waals surface area contributed by atoms with E-state index in [2.05, 4.69) is 10.4 Å². The summed E-state index contributed by atoms with van der Waals surface area (Å²) in [4.78, 5) is 21.8. The maximum Gasteiger partial charge on any atom is 0.269 e. The Balaban J connectivity index is 1.95. The number of carbonyl (C=O) groups is 1. The van der Waals surface area contributed by atoms with E-state index in [1.807, 2.05) is 0 Å². The van der Waals surface area contributed by atoms with Crippen molar-refractivity contribution in [2.45, 2.75) is 6.54 Å². The molecule has 2 rings (SSSR count). The van der Waals surface area contributed by atoms with E-state index in [1.165, 1.54) is 18.3 Å². The van der Waals surface area contributed by atoms with E-state index in [-0.39, 0.29) is 11.6 Å². The van der Waals surface area contributed by atoms with Crippen LogP contribution in [0.1, 0.15) is 15.9 Å². The van der Waals surface area contributed by atoms with E-state index in [0.717, 1.165) is 5.56 Å². The van der Waals surface area contributed by atoms with E-state index in [1.54, 1.807) is 30.1 Å². The van der Waals surface area contributed by atoms with Crippen molar-refractivity contribution in [2.24, 2.45) is 7.05 Å². The SMILES string of the molecule is Cn1cc(C(=O)NCc2ccc([N+](=O)[O-])cc2)cn1. The monoisotopic (exact) mass is 260 g/mol. The van der Waals surface area contributed by atoms with Crippen molar-refractivity contribution < 1.29 is 9.72 Å². The van der Waals surface area contributed by atoms with Gasteiger partial charge in [0.15, 0.2) is 0 Å². The van der Waals surface area contributed by atoms with Crippen molar-refractivity contribution in [3.8, 4) is 0 Å². The molecule has 1 aromatic carbocycles. The van der Waals surface area contributed by atoms with Crippen LogP contribution in [0, 0.1) is 10.1 Å². The molecular formula is C12H12N4O3. The smallest absolute Gasteiger partial charge is 0.269 e. The fourth-order valence-corrected chi connectivity index (χ4v) is 1.56. The Labute approximate surface area is 109 Å². The highest BCUT2D eigenvalue weighted by molar-refractivity contribution is 5.93. The lowest BCUT2D eigenvalue weighted by Crippen LogP contribution is -2.22. The van der Waals surface area contributed by atoms with Crippen molar-refractivity contribution >= 4 is 11.6 Å². The van der Waals surface area contributed by atoms with E-state index in [0.29, 0.717) is 12.1 Å². The lowest BCUT2D eigenvalue weighted by Gasteiger charge is -2.03. The summed E-state index contributed by atoms with van der Waals surface area (Å²) < 4.78 is 1.54. The van der Waals surface area contributed by atoms with E-state index < -0.39 is 4.92 Å². The molecule has 0 aliphatic carbocycles. The number of rotatable bonds is 4. The molecule has 1 heterocycles. The molecule has 2 aromatic rings. The van der Waals surface area contributed by atoms with Crippen LogP contribution in [0.3, 0.4) is 0 Å². The average molecular weight is 260 g/mol. The third-order valence-electron chi connectivity index (χ3n) is 2.57. The number of hydrogen-bond acceptors (Lipinski definition) is 4. The Kier molecular flexibility index (Phi) is 3.56. The van der Waals surface area contributed by atoms with Crippen LogP contribution in [0.4, 0.5) is 5.69 Å². The zero-order valence-corrected chi connectivity index (χ0v) is 10.2. The number of nitro groups is 1. The molecule has 0 atom stereocenters. The molecule has 7 nitrogen and oxygen atoms in total. The molecule has 0 unspecified atom stereocenters. The minimum Gasteiger partial charge on any atom is -0.348 e. The van der Waals surface area contributed by atoms with Gasteiger partial charge in [-0.25, -0.2) is 0 Å². The lowest BCUT2D eigenvalue weighted by molar-refractivity contribution is -0.384. The van der Waals surface area contributed by atoms with Crippen molar-refractivity contribution in [1.29, 1.82) is 0 Å². The minimum atomic E-state index is -0.460. The molecule has 7 heteroatoms. The van der Waals surface area contributed by atoms with E-state index >= 15 is 0 Å². The number of carbonyl (C=O) groups excluding carboxylic acids is 1. The highest BCUT2D eigenvalue weighted by atomic mass is 16.6. The summed E-state index contributed by atoms with van der Waals surface area (Å²) >= 11 is 0. The second kappa shape index (κ2) is 5.30. The molecule has 0 bridgehead atoms. The third-order valence-corrected chi connectivity index (χ3v) is 2.57. The topological polar surface area (TPSA) is 90.1 Å². The van der Waals surface area contributed by atoms with Crippen molar-refractivity contribution in [1.82, 2.24) is 15.1 Å². The predicted molar refractivity (Wildman–Crippen MR) is 67.5 cm³/mol. The molecule has 98 valence electrons. The van der Waals surface area contributed by atoms with Gasteiger partial charge in [-0.2, -0.15) is 5.10 Å². The molecular weight excluding hydrogens is 248 g/mol. The van der Waals surface area contributed by atoms with Gasteiger partial charge in [-0.3, -0.25) is 19.6 Å². The van der Waals surface area contributed by atoms with Crippen LogP contribution in [0.5, 0.6) is 0 Å². The van der Waals surface area contributed by atoms with Gasteiger partial charge in [0.1, 0.15) is 0 Å². The van der Waals surface area contributed by atoms with Crippen LogP contribution in [-0.4, -0.2) is 20.6 Å². The quantitative estimate of drug-likeness (QED) is 0.661. The van der Waals surface area contributed by atoms with Gasteiger partial charge in [-0.1, -0.05) is 12.1 Å². The van der Waals surface area contributed by atoms with Gasteiger partial charge in [0, 0.05) is 31.9 Å². The summed E-state index contributed by atoms with van der Waals surface area (Å²) in [5.41, 5.74) is 1.30. The van der Waals surface area contributed by atoms with Crippen LogP contribution in [0.25, 0.3) is 0 Å². The molecule has 0 aliphatic heterocycles. The first-order chi connectivity index (χ1) is 9.06. The number of aryl methyl sites for hydroxylation is 1. The van der Waals surface area contributed by atoms with Crippen LogP contribution < -0.4 is 5.32 Å². The maximum absolute atomic E-state index is 11.7. The van der Waals surface area contributed by atoms with Crippen LogP contribution in [0.2, 0.25) is 0 Å². The molecule has 19 heavy (non-hydrogen) atoms. The molecule has 1 amide bonds. The molecule has 0 saturated carbocycles. The van der Waals surface area contributed by atoms with Crippen LogP contribution in [0.15, 0.2) is 36.7 Å². The summed E-state index contributed by atoms with van der Waals surface area (Å²) in [6, 6.07) is 6.04. The Morgan fingerprint density at radius 2 is 2.11 bits per heavy atom. The second-order valence-corrected chi connectivity index (χ2v) is 4.01. The number of nitro benzene ring substituents is 1. The van der Waals surface area contributed by atoms with E-state index in [9.17, 15) is 14.9 Å². The van der Waals surface area contributed by atoms with Crippen molar-refractivity contribution in [3.05, 3.63) is 57.9 Å². The number of nitrogens with zero attached hydrogens (tertiary/aromatic N) is 3. The number of nitrogens with one attached hydrogen (secondary N) is 1. The molecule has 0 fully saturated rings. The van der Waals surface area contributed by atoms with Gasteiger partial charge in [-0.15, -0.1) is 0 Å². The lowest BCUT2D eigenvalue weighted by atomic mass is 10.2. The zero-order valence-electron chi connectivity index (χ0n) is 10.2. The fraction of sp³-hybridized carbons (Fsp3) is 0.167. The highest BCUT2D eigenvalue weighted by Crippen LogP contribution is 2.11. The van der Waals surface area contributed by atoms with Gasteiger partial charge in [0.25, 0.3) is 11.6 Å². The van der Waals surface area contributed by atoms with Gasteiger partial charge >= 0.3 is 0 Å². The largest absolute Gasteiger partial charge is 0.348 e. The fourth-order valence-electron chi connectivity index (χ4n) is 1.56.